The number of aliphatic carboxylic acids is 3. The summed E-state index contributed by atoms with van der Waals surface area (Å²) in [5.74, 6) is -5.29. The Bertz CT molecular complexity index is 1500. The van der Waals surface area contributed by atoms with Gasteiger partial charge in [-0.3, -0.25) is 0 Å². The monoisotopic (exact) mass is 660 g/mol. The molecule has 0 aliphatic heterocycles. The molecule has 7 heteroatoms. The van der Waals surface area contributed by atoms with Gasteiger partial charge in [-0.1, -0.05) is 182 Å². The minimum absolute atomic E-state index is 0. The fourth-order valence-electron chi connectivity index (χ4n) is 5.27. The maximum Gasteiger partial charge on any atom is 3.00 e. The molecule has 0 aliphatic rings. The van der Waals surface area contributed by atoms with Crippen molar-refractivity contribution in [2.24, 2.45) is 0 Å². The molecule has 6 aromatic rings. The predicted octanol–water partition coefficient (Wildman–Crippen LogP) is 4.32. The Balaban J connectivity index is 0.000000197. The SMILES string of the molecule is O=C([O-])C(c1ccccc1)c1ccccc1.O=C([O-])C(c1ccccc1)c1ccccc1.O=C([O-])C(c1ccccc1)c1ccccc1.[Al+3]. The fraction of sp³-hybridized carbons (Fsp3) is 0.0714. The average molecular weight is 661 g/mol. The molecule has 0 fully saturated rings. The Morgan fingerprint density at radius 1 is 0.286 bits per heavy atom. The standard InChI is InChI=1S/3C14H12O2.Al/c3*15-14(16)13(11-7-3-1-4-8-11)12-9-5-2-6-10-12;/h3*1-10,13H,(H,15,16);/q;;;+3/p-3. The molecule has 0 saturated heterocycles. The summed E-state index contributed by atoms with van der Waals surface area (Å²) < 4.78 is 0. The van der Waals surface area contributed by atoms with Gasteiger partial charge in [0.2, 0.25) is 0 Å². The number of hydrogen-bond acceptors (Lipinski definition) is 6. The van der Waals surface area contributed by atoms with E-state index in [1.54, 1.807) is 72.8 Å². The number of carbonyl (C=O) groups excluding carboxylic acids is 3. The number of rotatable bonds is 9. The van der Waals surface area contributed by atoms with Crippen LogP contribution >= 0.6 is 0 Å². The van der Waals surface area contributed by atoms with E-state index in [9.17, 15) is 29.7 Å². The second kappa shape index (κ2) is 19.8. The molecule has 0 heterocycles. The van der Waals surface area contributed by atoms with Crippen LogP contribution in [0.2, 0.25) is 0 Å². The third-order valence-electron chi connectivity index (χ3n) is 7.50. The van der Waals surface area contributed by atoms with Gasteiger partial charge in [-0.2, -0.15) is 0 Å². The molecular formula is C42H33AlO6. The van der Waals surface area contributed by atoms with E-state index in [0.717, 1.165) is 33.4 Å². The average Bonchev–Trinajstić information content (AvgIpc) is 3.12. The van der Waals surface area contributed by atoms with E-state index in [1.165, 1.54) is 0 Å². The fourth-order valence-corrected chi connectivity index (χ4v) is 5.27. The third kappa shape index (κ3) is 11.2. The summed E-state index contributed by atoms with van der Waals surface area (Å²) in [4.78, 5) is 33.6. The van der Waals surface area contributed by atoms with Crippen LogP contribution in [0.25, 0.3) is 0 Å². The molecule has 0 aromatic heterocycles. The summed E-state index contributed by atoms with van der Waals surface area (Å²) in [6, 6.07) is 54.7. The molecule has 6 rings (SSSR count). The van der Waals surface area contributed by atoms with Gasteiger partial charge in [0, 0.05) is 17.8 Å². The minimum atomic E-state index is -1.07. The first kappa shape index (κ1) is 37.7. The minimum Gasteiger partial charge on any atom is -0.549 e. The van der Waals surface area contributed by atoms with Crippen molar-refractivity contribution in [1.29, 1.82) is 0 Å². The predicted molar refractivity (Wildman–Crippen MR) is 185 cm³/mol. The zero-order valence-corrected chi connectivity index (χ0v) is 27.7. The van der Waals surface area contributed by atoms with E-state index in [-0.39, 0.29) is 17.4 Å². The molecular weight excluding hydrogens is 627 g/mol. The Labute approximate surface area is 297 Å². The zero-order chi connectivity index (χ0) is 34.1. The molecule has 6 nitrogen and oxygen atoms in total. The van der Waals surface area contributed by atoms with E-state index in [4.69, 9.17) is 0 Å². The van der Waals surface area contributed by atoms with Crippen molar-refractivity contribution in [2.75, 3.05) is 0 Å². The molecule has 0 N–H and O–H groups in total. The van der Waals surface area contributed by atoms with Crippen LogP contribution in [0.3, 0.4) is 0 Å². The maximum atomic E-state index is 11.2. The van der Waals surface area contributed by atoms with Crippen molar-refractivity contribution in [2.45, 2.75) is 17.8 Å². The molecule has 6 aromatic carbocycles. The van der Waals surface area contributed by atoms with Crippen LogP contribution in [0.1, 0.15) is 51.1 Å². The topological polar surface area (TPSA) is 120 Å². The smallest absolute Gasteiger partial charge is 0.549 e. The maximum absolute atomic E-state index is 11.2. The first-order valence-electron chi connectivity index (χ1n) is 15.3. The first-order chi connectivity index (χ1) is 23.4. The number of carbonyl (C=O) groups is 3. The molecule has 240 valence electrons. The van der Waals surface area contributed by atoms with Crippen molar-refractivity contribution in [3.63, 3.8) is 0 Å². The second-order valence-electron chi connectivity index (χ2n) is 10.7. The molecule has 0 spiro atoms. The molecule has 0 amide bonds. The number of benzene rings is 6. The van der Waals surface area contributed by atoms with Crippen LogP contribution in [0.4, 0.5) is 0 Å². The van der Waals surface area contributed by atoms with Gasteiger partial charge in [-0.05, 0) is 33.4 Å². The number of carboxylic acid groups (broad SMARTS) is 3. The summed E-state index contributed by atoms with van der Waals surface area (Å²) in [5.41, 5.74) is 4.47. The van der Waals surface area contributed by atoms with Gasteiger partial charge in [0.25, 0.3) is 0 Å². The van der Waals surface area contributed by atoms with Crippen LogP contribution in [0.5, 0.6) is 0 Å². The first-order valence-corrected chi connectivity index (χ1v) is 15.3. The summed E-state index contributed by atoms with van der Waals surface area (Å²) in [6.45, 7) is 0. The van der Waals surface area contributed by atoms with Crippen molar-refractivity contribution in [3.8, 4) is 0 Å². The van der Waals surface area contributed by atoms with E-state index >= 15 is 0 Å². The Kier molecular flexibility index (Phi) is 15.3. The van der Waals surface area contributed by atoms with Crippen LogP contribution < -0.4 is 15.3 Å². The van der Waals surface area contributed by atoms with Gasteiger partial charge in [0.15, 0.2) is 0 Å². The normalized spacial score (nSPS) is 10.1. The van der Waals surface area contributed by atoms with Crippen LogP contribution in [-0.2, 0) is 14.4 Å². The molecule has 0 saturated carbocycles. The van der Waals surface area contributed by atoms with Gasteiger partial charge in [-0.25, -0.2) is 0 Å². The van der Waals surface area contributed by atoms with Gasteiger partial charge in [0.05, 0.1) is 17.9 Å². The molecule has 0 atom stereocenters. The molecule has 0 unspecified atom stereocenters. The van der Waals surface area contributed by atoms with Crippen molar-refractivity contribution in [1.82, 2.24) is 0 Å². The molecule has 49 heavy (non-hydrogen) atoms. The second-order valence-corrected chi connectivity index (χ2v) is 10.7. The van der Waals surface area contributed by atoms with Crippen LogP contribution in [0.15, 0.2) is 182 Å². The van der Waals surface area contributed by atoms with E-state index in [1.807, 2.05) is 109 Å². The Morgan fingerprint density at radius 2 is 0.408 bits per heavy atom. The van der Waals surface area contributed by atoms with Crippen molar-refractivity contribution >= 4 is 35.3 Å². The van der Waals surface area contributed by atoms with Gasteiger partial charge >= 0.3 is 17.4 Å². The summed E-state index contributed by atoms with van der Waals surface area (Å²) in [5, 5.41) is 33.6. The van der Waals surface area contributed by atoms with E-state index in [2.05, 4.69) is 0 Å². The largest absolute Gasteiger partial charge is 3.00 e. The van der Waals surface area contributed by atoms with Gasteiger partial charge in [0.1, 0.15) is 0 Å². The number of hydrogen-bond donors (Lipinski definition) is 0. The number of carboxylic acids is 3. The third-order valence-corrected chi connectivity index (χ3v) is 7.50. The summed E-state index contributed by atoms with van der Waals surface area (Å²) in [6.07, 6.45) is 0. The molecule has 0 aliphatic carbocycles. The Morgan fingerprint density at radius 3 is 0.510 bits per heavy atom. The van der Waals surface area contributed by atoms with E-state index < -0.39 is 35.7 Å². The van der Waals surface area contributed by atoms with Crippen LogP contribution in [-0.4, -0.2) is 35.3 Å². The summed E-state index contributed by atoms with van der Waals surface area (Å²) >= 11 is 0. The molecule has 0 radical (unpaired) electrons. The van der Waals surface area contributed by atoms with E-state index in [0.29, 0.717) is 0 Å². The molecule has 0 bridgehead atoms. The van der Waals surface area contributed by atoms with Crippen LogP contribution in [0, 0.1) is 0 Å². The quantitative estimate of drug-likeness (QED) is 0.213. The summed E-state index contributed by atoms with van der Waals surface area (Å²) in [7, 11) is 0. The van der Waals surface area contributed by atoms with Gasteiger partial charge in [-0.15, -0.1) is 0 Å². The van der Waals surface area contributed by atoms with Crippen molar-refractivity contribution in [3.05, 3.63) is 215 Å². The van der Waals surface area contributed by atoms with Crippen molar-refractivity contribution < 1.29 is 29.7 Å². The zero-order valence-electron chi connectivity index (χ0n) is 26.6. The Hall–Kier alpha value is -5.74. The van der Waals surface area contributed by atoms with Gasteiger partial charge < -0.3 is 29.7 Å².